The van der Waals surface area contributed by atoms with Crippen molar-refractivity contribution in [3.63, 3.8) is 0 Å². The number of para-hydroxylation sites is 1. The maximum Gasteiger partial charge on any atom is 0.147 e. The Kier molecular flexibility index (Phi) is 21.6. The predicted molar refractivity (Wildman–Crippen MR) is 640 cm³/mol. The molecule has 0 amide bonds. The van der Waals surface area contributed by atoms with Crippen LogP contribution in [0.15, 0.2) is 443 Å². The number of benzene rings is 21. The molecule has 0 saturated heterocycles. The summed E-state index contributed by atoms with van der Waals surface area (Å²) in [6, 6.07) is 154. The zero-order valence-corrected chi connectivity index (χ0v) is 87.2. The number of imidazole rings is 4. The number of hydrogen-bond acceptors (Lipinski definition) is 9. The zero-order valence-electron chi connectivity index (χ0n) is 83.6. The minimum absolute atomic E-state index is 0.794. The van der Waals surface area contributed by atoms with Crippen molar-refractivity contribution in [2.24, 2.45) is 0 Å². The Labute approximate surface area is 863 Å². The Morgan fingerprint density at radius 3 is 0.993 bits per heavy atom. The molecule has 0 bridgehead atoms. The highest BCUT2D eigenvalue weighted by Crippen LogP contribution is 2.48. The molecule has 21 aromatic carbocycles. The van der Waals surface area contributed by atoms with Gasteiger partial charge in [-0.25, -0.2) is 19.9 Å². The van der Waals surface area contributed by atoms with E-state index in [4.69, 9.17) is 19.9 Å². The van der Waals surface area contributed by atoms with Gasteiger partial charge in [-0.2, -0.15) is 0 Å². The van der Waals surface area contributed by atoms with Crippen molar-refractivity contribution in [3.05, 3.63) is 443 Å². The van der Waals surface area contributed by atoms with Crippen molar-refractivity contribution in [2.45, 2.75) is 0 Å². The highest BCUT2D eigenvalue weighted by molar-refractivity contribution is 7.71. The Morgan fingerprint density at radius 1 is 0.187 bits per heavy atom. The third kappa shape index (κ3) is 15.5. The van der Waals surface area contributed by atoms with Crippen LogP contribution in [-0.4, -0.2) is 95.8 Å². The summed E-state index contributed by atoms with van der Waals surface area (Å²) in [7, 11) is -9.27. The summed E-state index contributed by atoms with van der Waals surface area (Å²) in [5, 5.41) is 29.4. The lowest BCUT2D eigenvalue weighted by Crippen LogP contribution is -2.04. The molecule has 0 aliphatic carbocycles. The molecule has 0 aliphatic heterocycles. The van der Waals surface area contributed by atoms with E-state index < -0.39 is 28.6 Å². The lowest BCUT2D eigenvalue weighted by Gasteiger charge is -2.14. The number of rotatable bonds is 9. The van der Waals surface area contributed by atoms with E-state index in [0.717, 1.165) is 192 Å². The van der Waals surface area contributed by atoms with Crippen molar-refractivity contribution in [1.82, 2.24) is 42.5 Å². The van der Waals surface area contributed by atoms with E-state index in [0.29, 0.717) is 0 Å². The average molecular weight is 2010 g/mol. The molecular weight excluding hydrogens is 1910 g/mol. The van der Waals surface area contributed by atoms with Gasteiger partial charge in [0.2, 0.25) is 0 Å². The molecule has 0 N–H and O–H groups in total. The van der Waals surface area contributed by atoms with E-state index in [-0.39, 0.29) is 0 Å². The molecule has 0 spiro atoms. The van der Waals surface area contributed by atoms with Gasteiger partial charge in [0.15, 0.2) is 0 Å². The largest absolute Gasteiger partial charge is 0.319 e. The molecular formula is C133H97N9O4P4. The third-order valence-corrected chi connectivity index (χ3v) is 36.4. The number of hydrogen-bond donors (Lipinski definition) is 0. The summed E-state index contributed by atoms with van der Waals surface area (Å²) >= 11 is 0. The van der Waals surface area contributed by atoms with E-state index in [2.05, 4.69) is 417 Å². The topological polar surface area (TPSA) is 150 Å². The molecule has 0 unspecified atom stereocenters. The highest BCUT2D eigenvalue weighted by atomic mass is 31.2. The van der Waals surface area contributed by atoms with Gasteiger partial charge in [-0.1, -0.05) is 352 Å². The van der Waals surface area contributed by atoms with Gasteiger partial charge < -0.3 is 18.3 Å². The molecule has 13 nitrogen and oxygen atoms in total. The highest BCUT2D eigenvalue weighted by Gasteiger charge is 2.26. The van der Waals surface area contributed by atoms with E-state index in [1.54, 1.807) is 19.5 Å². The summed E-state index contributed by atoms with van der Waals surface area (Å²) in [5.41, 5.74) is 28.0. The van der Waals surface area contributed by atoms with E-state index in [9.17, 15) is 18.3 Å². The van der Waals surface area contributed by atoms with Crippen molar-refractivity contribution < 1.29 is 18.3 Å². The summed E-state index contributed by atoms with van der Waals surface area (Å²) < 4.78 is 59.5. The quantitative estimate of drug-likeness (QED) is 0.102. The van der Waals surface area contributed by atoms with Gasteiger partial charge in [0, 0.05) is 97.6 Å². The van der Waals surface area contributed by atoms with Crippen LogP contribution in [0.5, 0.6) is 0 Å². The molecule has 9 aromatic heterocycles. The fourth-order valence-corrected chi connectivity index (χ4v) is 26.1. The van der Waals surface area contributed by atoms with Crippen LogP contribution in [0.4, 0.5) is 0 Å². The van der Waals surface area contributed by atoms with E-state index in [1.807, 2.05) is 82.5 Å². The molecule has 150 heavy (non-hydrogen) atoms. The molecule has 0 atom stereocenters. The van der Waals surface area contributed by atoms with Crippen LogP contribution in [-0.2, 0) is 18.3 Å². The van der Waals surface area contributed by atoms with E-state index in [1.165, 1.54) is 91.9 Å². The average Bonchev–Trinajstić information content (AvgIpc) is 1.52. The van der Waals surface area contributed by atoms with Crippen molar-refractivity contribution >= 4 is 257 Å². The van der Waals surface area contributed by atoms with Crippen LogP contribution in [0.1, 0.15) is 0 Å². The number of pyridine rings is 5. The van der Waals surface area contributed by atoms with E-state index >= 15 is 0 Å². The maximum atomic E-state index is 13.0. The first-order valence-corrected chi connectivity index (χ1v) is 60.9. The van der Waals surface area contributed by atoms with Gasteiger partial charge in [0.25, 0.3) is 0 Å². The maximum absolute atomic E-state index is 13.0. The van der Waals surface area contributed by atoms with Gasteiger partial charge in [0.05, 0.1) is 71.9 Å². The smallest absolute Gasteiger partial charge is 0.147 e. The van der Waals surface area contributed by atoms with Gasteiger partial charge in [-0.05, 0) is 237 Å². The van der Waals surface area contributed by atoms with Crippen LogP contribution in [0.25, 0.3) is 263 Å². The van der Waals surface area contributed by atoms with Gasteiger partial charge in [-0.3, -0.25) is 22.6 Å². The Balaban J connectivity index is 0.0000000987. The molecule has 30 aromatic rings. The molecule has 30 rings (SSSR count). The lowest BCUT2D eigenvalue weighted by atomic mass is 9.97. The minimum atomic E-state index is -2.41. The van der Waals surface area contributed by atoms with Crippen molar-refractivity contribution in [3.8, 4) is 55.8 Å². The second-order valence-electron chi connectivity index (χ2n) is 41.0. The Bertz CT molecular complexity index is 11200. The molecule has 0 fully saturated rings. The summed E-state index contributed by atoms with van der Waals surface area (Å²) in [5.74, 6) is 0. The molecule has 0 aliphatic rings. The summed E-state index contributed by atoms with van der Waals surface area (Å²) in [4.78, 5) is 25.4. The first-order chi connectivity index (χ1) is 72.9. The second kappa shape index (κ2) is 35.3. The predicted octanol–water partition coefficient (Wildman–Crippen LogP) is 33.7. The first-order valence-electron chi connectivity index (χ1n) is 50.5. The SMILES string of the molecule is CP(C)(=O)c1ccc(-c2ccc(-c3ccc4c(c3)c3ccccc3n3c5ccc6ccccc6c5nc43)cc2)cc1.CP(C)(=O)c1ccc(-c2ccc(-c3ccc4c5ccccc5c5nc6ccc7ccccc7c6n5c4c3)cc2)cc1.CP(C)(=O)c1ccc(-c2ccc3c4ccccc4c4nc5c6ccccc6ccc5n4c3c2)nc1.CP(C)(=O)c1ccc2c(c1)c1ccc3ccccc3c1c1nc3ccc4ccccc4c3n21. The first kappa shape index (κ1) is 91.5. The van der Waals surface area contributed by atoms with Crippen LogP contribution in [0, 0.1) is 0 Å². The van der Waals surface area contributed by atoms with Crippen LogP contribution in [0.2, 0.25) is 0 Å². The summed E-state index contributed by atoms with van der Waals surface area (Å²) in [6.07, 6.45) is 1.75. The molecule has 0 saturated carbocycles. The number of aromatic nitrogens is 9. The Hall–Kier alpha value is -17.1. The zero-order chi connectivity index (χ0) is 101. The van der Waals surface area contributed by atoms with Gasteiger partial charge >= 0.3 is 0 Å². The number of fused-ring (bicyclic) bond motifs is 42. The van der Waals surface area contributed by atoms with Crippen LogP contribution >= 0.6 is 28.6 Å². The lowest BCUT2D eigenvalue weighted by molar-refractivity contribution is 0.587. The fraction of sp³-hybridized carbons (Fsp3) is 0.0602. The number of nitrogens with zero attached hydrogens (tertiary/aromatic N) is 9. The molecule has 0 radical (unpaired) electrons. The fourth-order valence-electron chi connectivity index (χ4n) is 22.7. The van der Waals surface area contributed by atoms with Crippen LogP contribution in [0.3, 0.4) is 0 Å². The Morgan fingerprint density at radius 2 is 0.500 bits per heavy atom. The molecule has 17 heteroatoms. The minimum Gasteiger partial charge on any atom is -0.319 e. The molecule has 9 heterocycles. The van der Waals surface area contributed by atoms with Gasteiger partial charge in [-0.15, -0.1) is 0 Å². The normalized spacial score (nSPS) is 12.4. The monoisotopic (exact) mass is 2010 g/mol. The molecule has 718 valence electrons. The second-order valence-corrected chi connectivity index (χ2v) is 53.9. The van der Waals surface area contributed by atoms with Crippen molar-refractivity contribution in [2.75, 3.05) is 53.3 Å². The van der Waals surface area contributed by atoms with Crippen molar-refractivity contribution in [1.29, 1.82) is 0 Å². The summed E-state index contributed by atoms with van der Waals surface area (Å²) in [6.45, 7) is 14.5. The van der Waals surface area contributed by atoms with Gasteiger partial charge in [0.1, 0.15) is 51.2 Å². The van der Waals surface area contributed by atoms with Crippen LogP contribution < -0.4 is 21.2 Å². The third-order valence-electron chi connectivity index (χ3n) is 30.3. The standard InChI is InChI=1S/2C37H27N2OP.C30H22N3OP.C29H21N2OP/c1-41(2,40)29-19-15-25(16-20-29)24-11-13-26(14-12-24)28-17-21-32-33(23-28)31-9-5-6-10-34(31)39-35-22-18-27-7-3-4-8-30(27)36(35)38-37(32)39;1-41(2,40)29-19-15-25(16-20-29)24-11-13-26(14-12-24)28-17-21-32-31-9-5-6-10-33(31)37-38-34-22-18-27-7-3-4-8-30(27)36(34)39(37)35(32)23-28;1-35(2,34)21-13-15-26(31-18-21)20-11-14-24-23-9-5-6-10-25(23)30-32-29-22-8-4-3-7-19(22)12-16-27(29)33(30)28(24)17-20;1-33(2,32)20-13-16-26-24(17-20)23-14-11-18-7-3-5-9-21(18)27(23)29-30-25-15-12-19-8-4-6-10-22(19)28(25)31(26)29/h2*3-23H,1-2H3;3-18H,1-2H3;3-17H,1-2H3.